The molecule has 0 atom stereocenters. The van der Waals surface area contributed by atoms with Gasteiger partial charge in [-0.25, -0.2) is 4.79 Å². The minimum absolute atomic E-state index is 0.799. The Balaban J connectivity index is 2.90. The third kappa shape index (κ3) is 1.66. The number of carboxylic acid groups (broad SMARTS) is 1. The maximum atomic E-state index is 10.9. The quantitative estimate of drug-likeness (QED) is 0.741. The fourth-order valence-electron chi connectivity index (χ4n) is 0.974. The molecule has 0 aliphatic carbocycles. The second-order valence-electron chi connectivity index (χ2n) is 3.48. The molecule has 0 amide bonds. The number of nitrogens with zero attached hydrogens (tertiary/aromatic N) is 1. The van der Waals surface area contributed by atoms with Crippen molar-refractivity contribution in [1.29, 1.82) is 0 Å². The number of aromatic nitrogens is 1. The summed E-state index contributed by atoms with van der Waals surface area (Å²) in [5.41, 5.74) is -0.898. The maximum absolute atomic E-state index is 10.9. The van der Waals surface area contributed by atoms with Crippen molar-refractivity contribution in [3.05, 3.63) is 18.3 Å². The van der Waals surface area contributed by atoms with Crippen LogP contribution in [0.25, 0.3) is 0 Å². The molecule has 4 nitrogen and oxygen atoms in total. The molecule has 0 saturated carbocycles. The van der Waals surface area contributed by atoms with Crippen LogP contribution in [0.1, 0.15) is 13.8 Å². The number of likely N-dealkylation sites (N-methyl/N-ethyl adjacent to an activating group) is 1. The number of aromatic amines is 1. The molecule has 0 aliphatic heterocycles. The molecular weight excluding hydrogens is 168 g/mol. The van der Waals surface area contributed by atoms with Gasteiger partial charge in [0.25, 0.3) is 0 Å². The molecule has 4 heteroatoms. The molecule has 1 heterocycles. The van der Waals surface area contributed by atoms with Crippen molar-refractivity contribution in [1.82, 2.24) is 4.98 Å². The Bertz CT molecular complexity index is 291. The molecule has 0 saturated heterocycles. The fourth-order valence-corrected chi connectivity index (χ4v) is 0.974. The topological polar surface area (TPSA) is 56.3 Å². The van der Waals surface area contributed by atoms with Crippen LogP contribution >= 0.6 is 0 Å². The van der Waals surface area contributed by atoms with Gasteiger partial charge in [0.05, 0.1) is 0 Å². The van der Waals surface area contributed by atoms with Crippen LogP contribution in [-0.4, -0.2) is 28.6 Å². The van der Waals surface area contributed by atoms with Gasteiger partial charge in [0.1, 0.15) is 11.4 Å². The molecular formula is C9H14N2O2. The summed E-state index contributed by atoms with van der Waals surface area (Å²) in [5.74, 6) is -0.0444. The lowest BCUT2D eigenvalue weighted by atomic mass is 10.0. The summed E-state index contributed by atoms with van der Waals surface area (Å²) in [5, 5.41) is 8.95. The van der Waals surface area contributed by atoms with E-state index < -0.39 is 11.5 Å². The Labute approximate surface area is 77.2 Å². The second kappa shape index (κ2) is 3.12. The zero-order valence-electron chi connectivity index (χ0n) is 8.03. The molecule has 1 aromatic rings. The van der Waals surface area contributed by atoms with Gasteiger partial charge in [0.2, 0.25) is 0 Å². The van der Waals surface area contributed by atoms with E-state index in [4.69, 9.17) is 5.11 Å². The number of nitrogens with one attached hydrogen (secondary N) is 1. The summed E-state index contributed by atoms with van der Waals surface area (Å²) >= 11 is 0. The monoisotopic (exact) mass is 182 g/mol. The molecule has 0 aromatic carbocycles. The predicted octanol–water partition coefficient (Wildman–Crippen LogP) is 1.31. The van der Waals surface area contributed by atoms with E-state index in [2.05, 4.69) is 4.98 Å². The highest BCUT2D eigenvalue weighted by Crippen LogP contribution is 2.19. The van der Waals surface area contributed by atoms with Crippen LogP contribution < -0.4 is 4.90 Å². The van der Waals surface area contributed by atoms with Gasteiger partial charge in [-0.2, -0.15) is 0 Å². The van der Waals surface area contributed by atoms with E-state index in [0.29, 0.717) is 0 Å². The molecule has 1 rings (SSSR count). The third-order valence-electron chi connectivity index (χ3n) is 2.30. The van der Waals surface area contributed by atoms with E-state index >= 15 is 0 Å². The van der Waals surface area contributed by atoms with E-state index in [-0.39, 0.29) is 0 Å². The molecule has 0 aliphatic rings. The maximum Gasteiger partial charge on any atom is 0.328 e. The normalized spacial score (nSPS) is 11.3. The number of rotatable bonds is 3. The average molecular weight is 182 g/mol. The van der Waals surface area contributed by atoms with Crippen LogP contribution in [0.15, 0.2) is 18.3 Å². The van der Waals surface area contributed by atoms with Crippen molar-refractivity contribution < 1.29 is 9.90 Å². The molecule has 0 spiro atoms. The van der Waals surface area contributed by atoms with Crippen molar-refractivity contribution in [3.8, 4) is 0 Å². The Kier molecular flexibility index (Phi) is 2.32. The van der Waals surface area contributed by atoms with Crippen molar-refractivity contribution in [3.63, 3.8) is 0 Å². The van der Waals surface area contributed by atoms with Crippen LogP contribution in [-0.2, 0) is 4.79 Å². The standard InChI is InChI=1S/C9H14N2O2/c1-9(2,8(12)13)11(3)7-5-4-6-10-7/h4-6,10H,1-3H3,(H,12,13). The summed E-state index contributed by atoms with van der Waals surface area (Å²) in [6.07, 6.45) is 1.77. The van der Waals surface area contributed by atoms with Gasteiger partial charge < -0.3 is 15.0 Å². The van der Waals surface area contributed by atoms with Crippen LogP contribution in [0.4, 0.5) is 5.82 Å². The number of hydrogen-bond acceptors (Lipinski definition) is 2. The number of aliphatic carboxylic acids is 1. The Morgan fingerprint density at radius 1 is 1.62 bits per heavy atom. The van der Waals surface area contributed by atoms with Crippen molar-refractivity contribution in [2.24, 2.45) is 0 Å². The molecule has 2 N–H and O–H groups in total. The van der Waals surface area contributed by atoms with Crippen molar-refractivity contribution in [2.75, 3.05) is 11.9 Å². The lowest BCUT2D eigenvalue weighted by molar-refractivity contribution is -0.142. The zero-order chi connectivity index (χ0) is 10.1. The highest BCUT2D eigenvalue weighted by Gasteiger charge is 2.32. The molecule has 0 fully saturated rings. The first-order chi connectivity index (χ1) is 5.96. The van der Waals surface area contributed by atoms with Crippen LogP contribution in [0.5, 0.6) is 0 Å². The van der Waals surface area contributed by atoms with E-state index in [1.54, 1.807) is 32.0 Å². The lowest BCUT2D eigenvalue weighted by Gasteiger charge is -2.32. The second-order valence-corrected chi connectivity index (χ2v) is 3.48. The molecule has 0 radical (unpaired) electrons. The molecule has 0 unspecified atom stereocenters. The third-order valence-corrected chi connectivity index (χ3v) is 2.30. The average Bonchev–Trinajstić information content (AvgIpc) is 2.54. The summed E-state index contributed by atoms with van der Waals surface area (Å²) in [4.78, 5) is 15.6. The smallest absolute Gasteiger partial charge is 0.328 e. The first kappa shape index (κ1) is 9.64. The van der Waals surface area contributed by atoms with Crippen LogP contribution in [0, 0.1) is 0 Å². The summed E-state index contributed by atoms with van der Waals surface area (Å²) in [7, 11) is 1.75. The molecule has 72 valence electrons. The SMILES string of the molecule is CN(c1ccc[nH]1)C(C)(C)C(=O)O. The van der Waals surface area contributed by atoms with Gasteiger partial charge in [0, 0.05) is 13.2 Å². The first-order valence-electron chi connectivity index (χ1n) is 4.07. The lowest BCUT2D eigenvalue weighted by Crippen LogP contribution is -2.48. The first-order valence-corrected chi connectivity index (χ1v) is 4.07. The van der Waals surface area contributed by atoms with Crippen molar-refractivity contribution >= 4 is 11.8 Å². The van der Waals surface area contributed by atoms with Gasteiger partial charge in [-0.15, -0.1) is 0 Å². The highest BCUT2D eigenvalue weighted by molar-refractivity contribution is 5.81. The highest BCUT2D eigenvalue weighted by atomic mass is 16.4. The number of hydrogen-bond donors (Lipinski definition) is 2. The van der Waals surface area contributed by atoms with E-state index in [9.17, 15) is 4.79 Å². The Morgan fingerprint density at radius 2 is 2.23 bits per heavy atom. The zero-order valence-corrected chi connectivity index (χ0v) is 8.03. The van der Waals surface area contributed by atoms with Gasteiger partial charge >= 0.3 is 5.97 Å². The van der Waals surface area contributed by atoms with E-state index in [1.165, 1.54) is 0 Å². The fraction of sp³-hybridized carbons (Fsp3) is 0.444. The summed E-state index contributed by atoms with van der Waals surface area (Å²) in [6.45, 7) is 3.33. The number of carboxylic acids is 1. The Morgan fingerprint density at radius 3 is 2.62 bits per heavy atom. The van der Waals surface area contributed by atoms with Gasteiger partial charge in [-0.3, -0.25) is 0 Å². The predicted molar refractivity (Wildman–Crippen MR) is 50.9 cm³/mol. The largest absolute Gasteiger partial charge is 0.480 e. The van der Waals surface area contributed by atoms with E-state index in [1.807, 2.05) is 12.1 Å². The Hall–Kier alpha value is -1.45. The molecule has 13 heavy (non-hydrogen) atoms. The number of H-pyrrole nitrogens is 1. The van der Waals surface area contributed by atoms with Crippen LogP contribution in [0.2, 0.25) is 0 Å². The minimum atomic E-state index is -0.898. The number of anilines is 1. The van der Waals surface area contributed by atoms with Gasteiger partial charge in [-0.05, 0) is 26.0 Å². The van der Waals surface area contributed by atoms with Gasteiger partial charge in [0.15, 0.2) is 0 Å². The van der Waals surface area contributed by atoms with E-state index in [0.717, 1.165) is 5.82 Å². The van der Waals surface area contributed by atoms with Crippen molar-refractivity contribution in [2.45, 2.75) is 19.4 Å². The molecule has 0 bridgehead atoms. The minimum Gasteiger partial charge on any atom is -0.480 e. The summed E-state index contributed by atoms with van der Waals surface area (Å²) < 4.78 is 0. The van der Waals surface area contributed by atoms with Crippen LogP contribution in [0.3, 0.4) is 0 Å². The summed E-state index contributed by atoms with van der Waals surface area (Å²) in [6, 6.07) is 3.68. The number of carbonyl (C=O) groups is 1. The van der Waals surface area contributed by atoms with Gasteiger partial charge in [-0.1, -0.05) is 0 Å². The molecule has 1 aromatic heterocycles.